The van der Waals surface area contributed by atoms with Crippen LogP contribution in [0.5, 0.6) is 0 Å². The van der Waals surface area contributed by atoms with Crippen LogP contribution in [0.15, 0.2) is 62.1 Å². The molecule has 2 aromatic carbocycles. The number of benzene rings is 2. The molecule has 3 heterocycles. The summed E-state index contributed by atoms with van der Waals surface area (Å²) in [5, 5.41) is 12.1. The molecular weight excluding hydrogens is 540 g/mol. The molecule has 208 valence electrons. The van der Waals surface area contributed by atoms with E-state index >= 15 is 4.39 Å². The molecule has 0 aliphatic carbocycles. The molecule has 10 nitrogen and oxygen atoms in total. The lowest BCUT2D eigenvalue weighted by molar-refractivity contribution is -0.118. The second-order valence-corrected chi connectivity index (χ2v) is 10.2. The summed E-state index contributed by atoms with van der Waals surface area (Å²) in [6, 6.07) is 8.65. The lowest BCUT2D eigenvalue weighted by atomic mass is 10.1. The summed E-state index contributed by atoms with van der Waals surface area (Å²) in [6.45, 7) is 5.53. The Kier molecular flexibility index (Phi) is 8.21. The van der Waals surface area contributed by atoms with Gasteiger partial charge in [-0.3, -0.25) is 9.59 Å². The lowest BCUT2D eigenvalue weighted by Gasteiger charge is -2.34. The van der Waals surface area contributed by atoms with E-state index in [1.165, 1.54) is 36.5 Å². The number of amides is 1. The molecule has 1 fully saturated rings. The van der Waals surface area contributed by atoms with Crippen molar-refractivity contribution in [2.45, 2.75) is 18.7 Å². The molecule has 4 aromatic rings. The number of nitrogens with one attached hydrogen (secondary N) is 1. The zero-order valence-electron chi connectivity index (χ0n) is 21.9. The SMILES string of the molecule is CCn1cc(-c2nnc(SCC(=O)N/N=C/c3ccc(F)cc3)o2)c(=O)c2cc(F)c(N3CCN(C)CC3)cc21. The van der Waals surface area contributed by atoms with Gasteiger partial charge >= 0.3 is 0 Å². The molecular formula is C27H27F2N7O3S. The van der Waals surface area contributed by atoms with Crippen LogP contribution in [0.25, 0.3) is 22.4 Å². The highest BCUT2D eigenvalue weighted by Gasteiger charge is 2.22. The molecule has 2 aromatic heterocycles. The fourth-order valence-electron chi connectivity index (χ4n) is 4.37. The summed E-state index contributed by atoms with van der Waals surface area (Å²) in [7, 11) is 2.03. The third-order valence-electron chi connectivity index (χ3n) is 6.57. The molecule has 13 heteroatoms. The molecule has 0 radical (unpaired) electrons. The van der Waals surface area contributed by atoms with E-state index in [0.29, 0.717) is 36.4 Å². The standard InChI is InChI=1S/C27H27F2N7O3S/c1-3-35-15-20(25(38)19-12-21(29)23(13-22(19)35)36-10-8-34(2)9-11-36)26-32-33-27(39-26)40-16-24(37)31-30-14-17-4-6-18(28)7-5-17/h4-7,12-15H,3,8-11,16H2,1-2H3,(H,31,37)/b30-14+. The van der Waals surface area contributed by atoms with Crippen molar-refractivity contribution >= 4 is 40.5 Å². The number of hydrogen-bond acceptors (Lipinski definition) is 9. The van der Waals surface area contributed by atoms with E-state index in [2.05, 4.69) is 25.6 Å². The first-order valence-corrected chi connectivity index (χ1v) is 13.6. The van der Waals surface area contributed by atoms with Gasteiger partial charge in [-0.15, -0.1) is 10.2 Å². The van der Waals surface area contributed by atoms with Crippen LogP contribution >= 0.6 is 11.8 Å². The first-order chi connectivity index (χ1) is 19.3. The van der Waals surface area contributed by atoms with Gasteiger partial charge in [-0.25, -0.2) is 14.2 Å². The van der Waals surface area contributed by atoms with Gasteiger partial charge in [0.1, 0.15) is 17.2 Å². The fourth-order valence-corrected chi connectivity index (χ4v) is 4.92. The molecule has 0 unspecified atom stereocenters. The second kappa shape index (κ2) is 12.0. The van der Waals surface area contributed by atoms with Gasteiger partial charge in [-0.2, -0.15) is 5.10 Å². The van der Waals surface area contributed by atoms with Gasteiger partial charge in [0.25, 0.3) is 17.0 Å². The molecule has 0 atom stereocenters. The number of nitrogens with zero attached hydrogens (tertiary/aromatic N) is 6. The van der Waals surface area contributed by atoms with E-state index in [1.54, 1.807) is 12.3 Å². The molecule has 40 heavy (non-hydrogen) atoms. The maximum absolute atomic E-state index is 15.2. The summed E-state index contributed by atoms with van der Waals surface area (Å²) < 4.78 is 35.7. The lowest BCUT2D eigenvalue weighted by Crippen LogP contribution is -2.44. The van der Waals surface area contributed by atoms with Crippen LogP contribution in [-0.4, -0.2) is 70.8 Å². The predicted octanol–water partition coefficient (Wildman–Crippen LogP) is 3.34. The maximum Gasteiger partial charge on any atom is 0.277 e. The number of likely N-dealkylation sites (N-methyl/N-ethyl adjacent to an activating group) is 1. The van der Waals surface area contributed by atoms with Crippen molar-refractivity contribution in [3.8, 4) is 11.5 Å². The Morgan fingerprint density at radius 2 is 1.90 bits per heavy atom. The number of carbonyl (C=O) groups is 1. The average molecular weight is 568 g/mol. The molecule has 1 amide bonds. The Morgan fingerprint density at radius 1 is 1.15 bits per heavy atom. The second-order valence-electron chi connectivity index (χ2n) is 9.28. The zero-order chi connectivity index (χ0) is 28.2. The van der Waals surface area contributed by atoms with Gasteiger partial charge in [-0.05, 0) is 43.8 Å². The third kappa shape index (κ3) is 6.05. The largest absolute Gasteiger partial charge is 0.411 e. The van der Waals surface area contributed by atoms with Crippen molar-refractivity contribution in [3.05, 3.63) is 70.0 Å². The van der Waals surface area contributed by atoms with Crippen molar-refractivity contribution in [1.29, 1.82) is 0 Å². The first-order valence-electron chi connectivity index (χ1n) is 12.7. The minimum absolute atomic E-state index is 0.0186. The van der Waals surface area contributed by atoms with E-state index < -0.39 is 17.2 Å². The van der Waals surface area contributed by atoms with E-state index in [9.17, 15) is 14.0 Å². The number of fused-ring (bicyclic) bond motifs is 1. The Morgan fingerprint density at radius 3 is 2.62 bits per heavy atom. The number of rotatable bonds is 8. The number of aryl methyl sites for hydroxylation is 1. The monoisotopic (exact) mass is 567 g/mol. The highest BCUT2D eigenvalue weighted by Crippen LogP contribution is 2.28. The maximum atomic E-state index is 15.2. The van der Waals surface area contributed by atoms with Crippen LogP contribution in [-0.2, 0) is 11.3 Å². The number of thioether (sulfide) groups is 1. The minimum Gasteiger partial charge on any atom is -0.411 e. The molecule has 0 spiro atoms. The molecule has 1 saturated heterocycles. The highest BCUT2D eigenvalue weighted by molar-refractivity contribution is 7.99. The predicted molar refractivity (Wildman–Crippen MR) is 150 cm³/mol. The van der Waals surface area contributed by atoms with Crippen molar-refractivity contribution in [2.24, 2.45) is 5.10 Å². The number of carbonyl (C=O) groups excluding carboxylic acids is 1. The normalized spacial score (nSPS) is 14.3. The van der Waals surface area contributed by atoms with Crippen molar-refractivity contribution < 1.29 is 18.0 Å². The average Bonchev–Trinajstić information content (AvgIpc) is 3.43. The Balaban J connectivity index is 1.31. The number of hydrazone groups is 1. The van der Waals surface area contributed by atoms with Crippen molar-refractivity contribution in [1.82, 2.24) is 25.1 Å². The summed E-state index contributed by atoms with van der Waals surface area (Å²) >= 11 is 0.978. The first kappa shape index (κ1) is 27.5. The Labute approximate surface area is 232 Å². The Bertz CT molecular complexity index is 1610. The number of anilines is 1. The smallest absolute Gasteiger partial charge is 0.277 e. The van der Waals surface area contributed by atoms with Crippen LogP contribution in [0.3, 0.4) is 0 Å². The van der Waals surface area contributed by atoms with E-state index in [-0.39, 0.29) is 33.6 Å². The number of pyridine rings is 1. The number of aromatic nitrogens is 3. The van der Waals surface area contributed by atoms with Crippen LogP contribution in [0.2, 0.25) is 0 Å². The van der Waals surface area contributed by atoms with Gasteiger partial charge in [0.05, 0.1) is 23.2 Å². The van der Waals surface area contributed by atoms with Crippen LogP contribution < -0.4 is 15.8 Å². The highest BCUT2D eigenvalue weighted by atomic mass is 32.2. The van der Waals surface area contributed by atoms with Gasteiger partial charge in [0.2, 0.25) is 5.43 Å². The van der Waals surface area contributed by atoms with E-state index in [1.807, 2.05) is 23.4 Å². The molecule has 0 saturated carbocycles. The quantitative estimate of drug-likeness (QED) is 0.196. The molecule has 1 aliphatic heterocycles. The van der Waals surface area contributed by atoms with E-state index in [4.69, 9.17) is 4.42 Å². The van der Waals surface area contributed by atoms with Crippen molar-refractivity contribution in [2.75, 3.05) is 43.9 Å². The minimum atomic E-state index is -0.455. The number of hydrogen-bond donors (Lipinski definition) is 1. The summed E-state index contributed by atoms with van der Waals surface area (Å²) in [6.07, 6.45) is 3.03. The Hall–Kier alpha value is -4.10. The van der Waals surface area contributed by atoms with Crippen LogP contribution in [0, 0.1) is 11.6 Å². The van der Waals surface area contributed by atoms with Gasteiger partial charge < -0.3 is 18.8 Å². The molecule has 1 aliphatic rings. The van der Waals surface area contributed by atoms with E-state index in [0.717, 1.165) is 24.9 Å². The topological polar surface area (TPSA) is 109 Å². The van der Waals surface area contributed by atoms with Crippen LogP contribution in [0.4, 0.5) is 14.5 Å². The number of piperazine rings is 1. The van der Waals surface area contributed by atoms with Gasteiger partial charge in [0, 0.05) is 44.3 Å². The molecule has 5 rings (SSSR count). The molecule has 0 bridgehead atoms. The van der Waals surface area contributed by atoms with Crippen LogP contribution in [0.1, 0.15) is 12.5 Å². The zero-order valence-corrected chi connectivity index (χ0v) is 22.8. The number of halogens is 2. The van der Waals surface area contributed by atoms with Gasteiger partial charge in [0.15, 0.2) is 0 Å². The summed E-state index contributed by atoms with van der Waals surface area (Å²) in [5.74, 6) is -1.33. The van der Waals surface area contributed by atoms with Gasteiger partial charge in [-0.1, -0.05) is 23.9 Å². The third-order valence-corrected chi connectivity index (χ3v) is 7.39. The molecule has 1 N–H and O–H groups in total. The summed E-state index contributed by atoms with van der Waals surface area (Å²) in [5.41, 5.74) is 3.82. The summed E-state index contributed by atoms with van der Waals surface area (Å²) in [4.78, 5) is 29.7. The fraction of sp³-hybridized carbons (Fsp3) is 0.296. The van der Waals surface area contributed by atoms with Crippen molar-refractivity contribution in [3.63, 3.8) is 0 Å².